The van der Waals surface area contributed by atoms with E-state index in [-0.39, 0.29) is 0 Å². The molecule has 8 aliphatic rings. The van der Waals surface area contributed by atoms with Gasteiger partial charge in [-0.3, -0.25) is 14.4 Å². The number of rotatable bonds is 28. The molecule has 3 amide bonds. The largest absolute Gasteiger partial charge is 0.394 e. The fourth-order valence-electron chi connectivity index (χ4n) is 13.4. The molecule has 610 valence electrons. The van der Waals surface area contributed by atoms with Crippen molar-refractivity contribution in [1.29, 1.82) is 0 Å². The third-order valence-electron chi connectivity index (χ3n) is 19.5. The first-order chi connectivity index (χ1) is 49.4. The van der Waals surface area contributed by atoms with Crippen LogP contribution in [0.3, 0.4) is 0 Å². The fraction of sp³-hybridized carbons (Fsp3) is 0.950. The van der Waals surface area contributed by atoms with Crippen LogP contribution >= 0.6 is 0 Å². The molecular weight excluding hydrogens is 1430 g/mol. The van der Waals surface area contributed by atoms with Crippen LogP contribution in [-0.2, 0) is 90.2 Å². The lowest BCUT2D eigenvalue weighted by Gasteiger charge is -2.51. The summed E-state index contributed by atoms with van der Waals surface area (Å²) in [7, 11) is 0. The smallest absolute Gasteiger partial charge is 0.217 e. The van der Waals surface area contributed by atoms with Gasteiger partial charge in [-0.1, -0.05) is 0 Å². The van der Waals surface area contributed by atoms with Crippen molar-refractivity contribution < 1.29 is 208 Å². The topological polar surface area (TPSA) is 700 Å². The van der Waals surface area contributed by atoms with Crippen molar-refractivity contribution in [2.24, 2.45) is 0 Å². The van der Waals surface area contributed by atoms with Gasteiger partial charge in [0.2, 0.25) is 17.7 Å². The Bertz CT molecular complexity index is 2720. The maximum absolute atomic E-state index is 13.5. The highest BCUT2D eigenvalue weighted by Gasteiger charge is 2.60. The molecule has 0 aromatic carbocycles. The summed E-state index contributed by atoms with van der Waals surface area (Å²) < 4.78 is 96.3. The molecule has 45 heteroatoms. The SMILES string of the molecule is CC(=O)N[C@H]1[C@H](OC[C@@H](O)[C@H](O)[C@H](O[C@@H]2O[C@H](CO)[C@@H](O[C@@H]3O[C@H](CO)[C@H](O)[C@H](O)[C@H]3O[C@@H]3O[C@@H](C)[C@@H](O)[C@@H](O)[C@@H]3O)[C@H](O[C@@H]3O[C@@H](C)[C@@H](O)[C@@H](O)[C@@H]3O)[C@H]2NC(C)=O)[C@H](CO)NC(C)=O)O[C@H](CO)[C@@H](O[C@@H]2O[C@H](CO)[C@H](O)[C@H](O)[C@H]2O[C@@H]2O[C@@H](C)[C@@H](O)[C@@H](O)[C@@H]2O)[C@@H]1O[C@@H]1O[C@@H](C)[C@@H](O)[C@@H](O)[C@@H]1O. The van der Waals surface area contributed by atoms with Gasteiger partial charge in [-0.2, -0.15) is 0 Å². The van der Waals surface area contributed by atoms with E-state index in [1.165, 1.54) is 27.7 Å². The quantitative estimate of drug-likeness (QED) is 0.0346. The predicted octanol–water partition coefficient (Wildman–Crippen LogP) is -16.4. The minimum absolute atomic E-state index is 0.930. The molecule has 105 heavy (non-hydrogen) atoms. The zero-order chi connectivity index (χ0) is 77.8. The van der Waals surface area contributed by atoms with Crippen LogP contribution in [0.1, 0.15) is 48.5 Å². The number of ether oxygens (including phenoxy) is 16. The fourth-order valence-corrected chi connectivity index (χ4v) is 13.4. The molecule has 8 heterocycles. The predicted molar refractivity (Wildman–Crippen MR) is 328 cm³/mol. The molecule has 0 bridgehead atoms. The van der Waals surface area contributed by atoms with Gasteiger partial charge in [0.15, 0.2) is 50.3 Å². The van der Waals surface area contributed by atoms with E-state index in [9.17, 15) is 132 Å². The first-order valence-corrected chi connectivity index (χ1v) is 34.0. The minimum atomic E-state index is -2.53. The Morgan fingerprint density at radius 3 is 0.962 bits per heavy atom. The van der Waals surface area contributed by atoms with E-state index < -0.39 is 327 Å². The van der Waals surface area contributed by atoms with Gasteiger partial charge in [0.25, 0.3) is 0 Å². The van der Waals surface area contributed by atoms with Crippen LogP contribution in [0.4, 0.5) is 0 Å². The summed E-state index contributed by atoms with van der Waals surface area (Å²) in [5.74, 6) is -2.89. The molecule has 0 aromatic heterocycles. The Morgan fingerprint density at radius 1 is 0.343 bits per heavy atom. The molecule has 8 aliphatic heterocycles. The second-order valence-electron chi connectivity index (χ2n) is 27.1. The summed E-state index contributed by atoms with van der Waals surface area (Å²) in [6.45, 7) is 0.962. The third kappa shape index (κ3) is 19.7. The Labute approximate surface area is 597 Å². The van der Waals surface area contributed by atoms with Crippen molar-refractivity contribution >= 4 is 17.7 Å². The Kier molecular flexibility index (Phi) is 31.6. The summed E-state index contributed by atoms with van der Waals surface area (Å²) in [5, 5.41) is 261. The van der Waals surface area contributed by atoms with Crippen LogP contribution in [0.5, 0.6) is 0 Å². The molecule has 26 N–H and O–H groups in total. The minimum Gasteiger partial charge on any atom is -0.394 e. The molecule has 8 fully saturated rings. The van der Waals surface area contributed by atoms with Crippen molar-refractivity contribution in [3.63, 3.8) is 0 Å². The highest BCUT2D eigenvalue weighted by atomic mass is 16.8. The number of amides is 3. The van der Waals surface area contributed by atoms with Crippen LogP contribution in [0.15, 0.2) is 0 Å². The average molecular weight is 1540 g/mol. The van der Waals surface area contributed by atoms with E-state index in [2.05, 4.69) is 16.0 Å². The number of hydrogen-bond acceptors (Lipinski definition) is 42. The van der Waals surface area contributed by atoms with Gasteiger partial charge in [-0.15, -0.1) is 0 Å². The standard InChI is InChI=1S/C60H103N3O42/c1-14-29(73)36(80)42(86)55(91-14)102-49-27(62-19(6)70)53(97-25(11-67)47(49)100-59-51(40(84)34(78)23(9-65)95-59)104-57-44(88)38(82)31(75)16(3)93-57)90-13-22(72)33(77)46(21(8-64)61-18(5)69)99-54-28(63-20(7)71)50(103-56-43(87)37(81)30(74)15(2)92-56)48(26(12-68)98-54)101-60-52(41(85)35(79)24(10-66)96-60)105-58-45(89)39(83)32(76)17(4)94-58/h14-17,21-60,64-68,72-89H,8-13H2,1-7H3,(H,61,69)(H,62,70)(H,63,71)/t14-,15-,16-,17-,21-,22+,23+,24+,25+,26+,27+,28+,29+,30+,31+,32+,33-,34-,35-,36+,37+,38+,39+,40-,41-,42-,43-,44-,45-,46+,47+,48+,49+,50+,51+,52+,53+,54-,55-,56-,57-,58-,59-,60-/m0/s1. The molecule has 0 radical (unpaired) electrons. The highest BCUT2D eigenvalue weighted by Crippen LogP contribution is 2.40. The van der Waals surface area contributed by atoms with Crippen molar-refractivity contribution in [2.45, 2.75) is 318 Å². The molecule has 0 saturated carbocycles. The number of carbonyl (C=O) groups excluding carboxylic acids is 3. The summed E-state index contributed by atoms with van der Waals surface area (Å²) in [6.07, 6.45) is -80.5. The van der Waals surface area contributed by atoms with E-state index in [4.69, 9.17) is 75.8 Å². The summed E-state index contributed by atoms with van der Waals surface area (Å²) in [6, 6.07) is -5.84. The second-order valence-corrected chi connectivity index (χ2v) is 27.1. The summed E-state index contributed by atoms with van der Waals surface area (Å²) >= 11 is 0. The van der Waals surface area contributed by atoms with Crippen LogP contribution in [0, 0.1) is 0 Å². The molecule has 8 saturated heterocycles. The van der Waals surface area contributed by atoms with Crippen molar-refractivity contribution in [3.8, 4) is 0 Å². The number of nitrogens with one attached hydrogen (secondary N) is 3. The van der Waals surface area contributed by atoms with E-state index in [1.54, 1.807) is 0 Å². The molecule has 0 aromatic rings. The first-order valence-electron chi connectivity index (χ1n) is 34.0. The zero-order valence-corrected chi connectivity index (χ0v) is 57.7. The lowest BCUT2D eigenvalue weighted by atomic mass is 9.93. The van der Waals surface area contributed by atoms with Gasteiger partial charge in [0, 0.05) is 20.8 Å². The Balaban J connectivity index is 1.14. The van der Waals surface area contributed by atoms with E-state index in [0.717, 1.165) is 20.8 Å². The van der Waals surface area contributed by atoms with E-state index in [0.29, 0.717) is 0 Å². The van der Waals surface area contributed by atoms with E-state index >= 15 is 0 Å². The van der Waals surface area contributed by atoms with Crippen molar-refractivity contribution in [2.75, 3.05) is 39.6 Å². The maximum Gasteiger partial charge on any atom is 0.217 e. The average Bonchev–Trinajstić information content (AvgIpc) is 0.766. The van der Waals surface area contributed by atoms with Gasteiger partial charge in [-0.05, 0) is 27.7 Å². The summed E-state index contributed by atoms with van der Waals surface area (Å²) in [5.41, 5.74) is 0. The van der Waals surface area contributed by atoms with Crippen LogP contribution in [0.25, 0.3) is 0 Å². The number of aliphatic hydroxyl groups excluding tert-OH is 23. The van der Waals surface area contributed by atoms with Gasteiger partial charge in [-0.25, -0.2) is 0 Å². The van der Waals surface area contributed by atoms with Gasteiger partial charge in [0.1, 0.15) is 189 Å². The van der Waals surface area contributed by atoms with Crippen LogP contribution in [0.2, 0.25) is 0 Å². The second kappa shape index (κ2) is 37.9. The number of hydrogen-bond donors (Lipinski definition) is 26. The van der Waals surface area contributed by atoms with E-state index in [1.807, 2.05) is 0 Å². The zero-order valence-electron chi connectivity index (χ0n) is 57.7. The Hall–Kier alpha value is -3.15. The van der Waals surface area contributed by atoms with Crippen molar-refractivity contribution in [3.05, 3.63) is 0 Å². The van der Waals surface area contributed by atoms with Gasteiger partial charge < -0.3 is 209 Å². The van der Waals surface area contributed by atoms with Crippen molar-refractivity contribution in [1.82, 2.24) is 16.0 Å². The lowest BCUT2D eigenvalue weighted by molar-refractivity contribution is -0.395. The maximum atomic E-state index is 13.5. The van der Waals surface area contributed by atoms with Gasteiger partial charge in [0.05, 0.1) is 70.1 Å². The van der Waals surface area contributed by atoms with Crippen LogP contribution in [-0.4, -0.2) is 445 Å². The lowest BCUT2D eigenvalue weighted by Crippen LogP contribution is -2.71. The molecule has 0 unspecified atom stereocenters. The molecule has 0 spiro atoms. The number of carbonyl (C=O) groups is 3. The highest BCUT2D eigenvalue weighted by molar-refractivity contribution is 5.74. The summed E-state index contributed by atoms with van der Waals surface area (Å²) in [4.78, 5) is 39.8. The van der Waals surface area contributed by atoms with Crippen LogP contribution < -0.4 is 16.0 Å². The Morgan fingerprint density at radius 2 is 0.648 bits per heavy atom. The molecular formula is C60H103N3O42. The molecule has 8 rings (SSSR count). The monoisotopic (exact) mass is 1540 g/mol. The molecule has 45 nitrogen and oxygen atoms in total. The normalized spacial score (nSPS) is 48.3. The molecule has 44 atom stereocenters. The first kappa shape index (κ1) is 87.4. The molecule has 0 aliphatic carbocycles. The van der Waals surface area contributed by atoms with Gasteiger partial charge >= 0.3 is 0 Å². The number of aliphatic hydroxyl groups is 23. The third-order valence-corrected chi connectivity index (χ3v) is 19.5.